The van der Waals surface area contributed by atoms with Crippen LogP contribution in [0.25, 0.3) is 0 Å². The van der Waals surface area contributed by atoms with Crippen LogP contribution in [-0.2, 0) is 28.8 Å². The lowest BCUT2D eigenvalue weighted by Crippen LogP contribution is -2.45. The average molecular weight is 419 g/mol. The van der Waals surface area contributed by atoms with Gasteiger partial charge in [0.15, 0.2) is 9.84 Å². The molecule has 4 fully saturated rings. The summed E-state index contributed by atoms with van der Waals surface area (Å²) in [7, 11) is -3.01. The number of ether oxygens (including phenoxy) is 3. The van der Waals surface area contributed by atoms with Crippen molar-refractivity contribution in [3.05, 3.63) is 0 Å². The number of carbonyl (C=O) groups excluding carboxylic acids is 1. The van der Waals surface area contributed by atoms with Crippen LogP contribution in [0.5, 0.6) is 0 Å². The molecule has 0 radical (unpaired) electrons. The van der Waals surface area contributed by atoms with E-state index in [1.807, 2.05) is 0 Å². The van der Waals surface area contributed by atoms with Gasteiger partial charge in [0, 0.05) is 45.3 Å². The minimum atomic E-state index is -3.01. The molecule has 160 valence electrons. The third kappa shape index (κ3) is 4.68. The second kappa shape index (κ2) is 8.53. The van der Waals surface area contributed by atoms with E-state index in [-0.39, 0.29) is 55.2 Å². The van der Waals surface area contributed by atoms with Crippen LogP contribution in [0.1, 0.15) is 25.7 Å². The molecule has 0 spiro atoms. The molecule has 0 saturated carbocycles. The number of aliphatic hydroxyl groups is 1. The molecule has 1 amide bonds. The van der Waals surface area contributed by atoms with Gasteiger partial charge in [0.1, 0.15) is 12.2 Å². The maximum atomic E-state index is 12.4. The van der Waals surface area contributed by atoms with Gasteiger partial charge in [0.05, 0.1) is 36.2 Å². The summed E-state index contributed by atoms with van der Waals surface area (Å²) in [6.07, 6.45) is 0.806. The van der Waals surface area contributed by atoms with Gasteiger partial charge in [-0.15, -0.1) is 0 Å². The lowest BCUT2D eigenvalue weighted by atomic mass is 10.1. The van der Waals surface area contributed by atoms with Gasteiger partial charge >= 0.3 is 0 Å². The topological polar surface area (TPSA) is 114 Å². The highest BCUT2D eigenvalue weighted by Crippen LogP contribution is 2.35. The Bertz CT molecular complexity index is 653. The summed E-state index contributed by atoms with van der Waals surface area (Å²) < 4.78 is 40.3. The first-order valence-corrected chi connectivity index (χ1v) is 12.0. The first-order chi connectivity index (χ1) is 13.4. The van der Waals surface area contributed by atoms with Crippen LogP contribution in [0.4, 0.5) is 0 Å². The molecule has 2 N–H and O–H groups in total. The fraction of sp³-hybridized carbons (Fsp3) is 0.944. The van der Waals surface area contributed by atoms with Gasteiger partial charge in [-0.3, -0.25) is 4.79 Å². The highest BCUT2D eigenvalue weighted by atomic mass is 32.2. The monoisotopic (exact) mass is 418 g/mol. The number of amides is 1. The van der Waals surface area contributed by atoms with E-state index in [9.17, 15) is 18.3 Å². The fourth-order valence-electron chi connectivity index (χ4n) is 4.48. The highest BCUT2D eigenvalue weighted by molar-refractivity contribution is 7.91. The van der Waals surface area contributed by atoms with Crippen LogP contribution in [0, 0.1) is 0 Å². The fourth-order valence-corrected chi connectivity index (χ4v) is 5.68. The quantitative estimate of drug-likeness (QED) is 0.566. The molecule has 4 heterocycles. The SMILES string of the molecule is O=C(C[C@@H]1C[C@H]2O[C@H](CNC3CCOCC3)[C@@H](O)[C@H]2O1)N1CCS(=O)(=O)CC1. The van der Waals surface area contributed by atoms with Crippen molar-refractivity contribution in [1.82, 2.24) is 10.2 Å². The number of carbonyl (C=O) groups is 1. The number of hydrogen-bond acceptors (Lipinski definition) is 8. The standard InChI is InChI=1S/C18H30N2O7S/c21-16(20-3-7-28(23,24)8-4-20)10-13-9-14-18(26-13)17(22)15(27-14)11-19-12-1-5-25-6-2-12/h12-15,17-19,22H,1-11H2/t13-,14+,15+,17+,18-/m0/s1. The lowest BCUT2D eigenvalue weighted by Gasteiger charge is -2.28. The van der Waals surface area contributed by atoms with Crippen LogP contribution < -0.4 is 5.32 Å². The Morgan fingerprint density at radius 3 is 2.54 bits per heavy atom. The van der Waals surface area contributed by atoms with E-state index < -0.39 is 22.0 Å². The lowest BCUT2D eigenvalue weighted by molar-refractivity contribution is -0.134. The summed E-state index contributed by atoms with van der Waals surface area (Å²) >= 11 is 0. The summed E-state index contributed by atoms with van der Waals surface area (Å²) in [5.74, 6) is -0.0368. The van der Waals surface area contributed by atoms with E-state index in [1.54, 1.807) is 4.90 Å². The van der Waals surface area contributed by atoms with Gasteiger partial charge in [-0.05, 0) is 12.8 Å². The molecular weight excluding hydrogens is 388 g/mol. The number of nitrogens with one attached hydrogen (secondary N) is 1. The van der Waals surface area contributed by atoms with Gasteiger partial charge in [0.2, 0.25) is 5.91 Å². The van der Waals surface area contributed by atoms with Gasteiger partial charge in [0.25, 0.3) is 0 Å². The van der Waals surface area contributed by atoms with Crippen molar-refractivity contribution < 1.29 is 32.5 Å². The maximum absolute atomic E-state index is 12.4. The third-order valence-electron chi connectivity index (χ3n) is 6.21. The van der Waals surface area contributed by atoms with E-state index in [2.05, 4.69) is 5.32 Å². The zero-order valence-corrected chi connectivity index (χ0v) is 16.8. The van der Waals surface area contributed by atoms with Crippen LogP contribution in [0.2, 0.25) is 0 Å². The molecule has 28 heavy (non-hydrogen) atoms. The van der Waals surface area contributed by atoms with Crippen molar-refractivity contribution in [2.75, 3.05) is 44.4 Å². The number of aliphatic hydroxyl groups excluding tert-OH is 1. The molecule has 0 aliphatic carbocycles. The minimum absolute atomic E-state index is 0.0269. The predicted octanol–water partition coefficient (Wildman–Crippen LogP) is -1.31. The molecule has 10 heteroatoms. The van der Waals surface area contributed by atoms with Gasteiger partial charge in [-0.1, -0.05) is 0 Å². The normalized spacial score (nSPS) is 38.5. The van der Waals surface area contributed by atoms with Crippen molar-refractivity contribution >= 4 is 15.7 Å². The highest BCUT2D eigenvalue weighted by Gasteiger charge is 2.50. The summed E-state index contributed by atoms with van der Waals surface area (Å²) in [6, 6.07) is 0.393. The molecule has 0 aromatic rings. The van der Waals surface area contributed by atoms with Crippen molar-refractivity contribution in [3.8, 4) is 0 Å². The largest absolute Gasteiger partial charge is 0.388 e. The van der Waals surface area contributed by atoms with E-state index in [4.69, 9.17) is 14.2 Å². The van der Waals surface area contributed by atoms with Gasteiger partial charge in [-0.25, -0.2) is 8.42 Å². The predicted molar refractivity (Wildman–Crippen MR) is 99.6 cm³/mol. The number of nitrogens with zero attached hydrogens (tertiary/aromatic N) is 1. The Kier molecular flexibility index (Phi) is 6.24. The summed E-state index contributed by atoms with van der Waals surface area (Å²) in [5, 5.41) is 14.0. The molecule has 5 atom stereocenters. The smallest absolute Gasteiger partial charge is 0.225 e. The first kappa shape index (κ1) is 20.5. The molecule has 4 rings (SSSR count). The third-order valence-corrected chi connectivity index (χ3v) is 7.82. The van der Waals surface area contributed by atoms with Crippen molar-refractivity contribution in [2.24, 2.45) is 0 Å². The molecule has 9 nitrogen and oxygen atoms in total. The second-order valence-corrected chi connectivity index (χ2v) is 10.5. The summed E-state index contributed by atoms with van der Waals surface area (Å²) in [6.45, 7) is 2.60. The zero-order valence-electron chi connectivity index (χ0n) is 16.0. The second-order valence-electron chi connectivity index (χ2n) is 8.19. The van der Waals surface area contributed by atoms with E-state index >= 15 is 0 Å². The zero-order chi connectivity index (χ0) is 19.7. The van der Waals surface area contributed by atoms with Crippen LogP contribution in [0.15, 0.2) is 0 Å². The van der Waals surface area contributed by atoms with Gasteiger partial charge in [-0.2, -0.15) is 0 Å². The Hall–Kier alpha value is -0.780. The number of sulfone groups is 1. The van der Waals surface area contributed by atoms with E-state index in [0.717, 1.165) is 26.1 Å². The van der Waals surface area contributed by atoms with Crippen LogP contribution >= 0.6 is 0 Å². The van der Waals surface area contributed by atoms with E-state index in [1.165, 1.54) is 0 Å². The minimum Gasteiger partial charge on any atom is -0.388 e. The number of fused-ring (bicyclic) bond motifs is 1. The molecule has 0 aromatic heterocycles. The number of rotatable bonds is 5. The molecule has 4 saturated heterocycles. The Balaban J connectivity index is 1.21. The maximum Gasteiger partial charge on any atom is 0.225 e. The molecule has 4 aliphatic heterocycles. The van der Waals surface area contributed by atoms with Crippen molar-refractivity contribution in [2.45, 2.75) is 62.2 Å². The molecule has 4 aliphatic rings. The molecule has 0 aromatic carbocycles. The van der Waals surface area contributed by atoms with Crippen molar-refractivity contribution in [1.29, 1.82) is 0 Å². The Labute approximate surface area is 165 Å². The van der Waals surface area contributed by atoms with Crippen molar-refractivity contribution in [3.63, 3.8) is 0 Å². The van der Waals surface area contributed by atoms with Gasteiger partial charge < -0.3 is 29.5 Å². The molecular formula is C18H30N2O7S. The summed E-state index contributed by atoms with van der Waals surface area (Å²) in [4.78, 5) is 14.0. The average Bonchev–Trinajstić information content (AvgIpc) is 3.19. The van der Waals surface area contributed by atoms with E-state index in [0.29, 0.717) is 19.0 Å². The Morgan fingerprint density at radius 2 is 1.86 bits per heavy atom. The number of hydrogen-bond donors (Lipinski definition) is 2. The van der Waals surface area contributed by atoms with Crippen LogP contribution in [-0.4, -0.2) is 105 Å². The van der Waals surface area contributed by atoms with Crippen LogP contribution in [0.3, 0.4) is 0 Å². The first-order valence-electron chi connectivity index (χ1n) is 10.2. The molecule has 0 bridgehead atoms. The molecule has 0 unspecified atom stereocenters. The summed E-state index contributed by atoms with van der Waals surface area (Å²) in [5.41, 5.74) is 0. The Morgan fingerprint density at radius 1 is 1.14 bits per heavy atom.